The summed E-state index contributed by atoms with van der Waals surface area (Å²) in [6.45, 7) is 0.0862. The maximum absolute atomic E-state index is 13.4. The maximum Gasteiger partial charge on any atom is 0.341 e. The topological polar surface area (TPSA) is 43.4 Å². The van der Waals surface area contributed by atoms with Crippen LogP contribution in [0.5, 0.6) is 0 Å². The van der Waals surface area contributed by atoms with E-state index in [2.05, 4.69) is 0 Å². The molecule has 0 bridgehead atoms. The van der Waals surface area contributed by atoms with Crippen LogP contribution in [-0.2, 0) is 9.53 Å². The molecule has 0 heterocycles. The van der Waals surface area contributed by atoms with E-state index in [1.807, 2.05) is 0 Å². The molecular weight excluding hydrogens is 285 g/mol. The highest BCUT2D eigenvalue weighted by Crippen LogP contribution is 2.28. The number of esters is 1. The van der Waals surface area contributed by atoms with E-state index in [4.69, 9.17) is 4.74 Å². The zero-order valence-corrected chi connectivity index (χ0v) is 11.3. The maximum atomic E-state index is 13.4. The number of halogens is 3. The van der Waals surface area contributed by atoms with Crippen molar-refractivity contribution in [3.8, 4) is 0 Å². The van der Waals surface area contributed by atoms with Crippen LogP contribution in [0.3, 0.4) is 0 Å². The molecule has 3 nitrogen and oxygen atoms in total. The smallest absolute Gasteiger partial charge is 0.341 e. The largest absolute Gasteiger partial charge is 0.462 e. The Hall–Kier alpha value is -1.85. The van der Waals surface area contributed by atoms with Crippen LogP contribution in [0.2, 0.25) is 0 Å². The van der Waals surface area contributed by atoms with Gasteiger partial charge in [-0.25, -0.2) is 18.0 Å². The van der Waals surface area contributed by atoms with E-state index in [9.17, 15) is 22.8 Å². The monoisotopic (exact) mass is 300 g/mol. The van der Waals surface area contributed by atoms with E-state index >= 15 is 0 Å². The Balaban J connectivity index is 1.91. The molecule has 1 aliphatic carbocycles. The molecule has 0 aliphatic heterocycles. The molecule has 0 saturated heterocycles. The van der Waals surface area contributed by atoms with Gasteiger partial charge in [0.2, 0.25) is 0 Å². The molecule has 1 saturated carbocycles. The second kappa shape index (κ2) is 6.74. The molecule has 0 amide bonds. The van der Waals surface area contributed by atoms with Gasteiger partial charge in [-0.2, -0.15) is 0 Å². The van der Waals surface area contributed by atoms with Gasteiger partial charge in [0.1, 0.15) is 6.29 Å². The molecule has 0 aromatic heterocycles. The number of aldehydes is 1. The summed E-state index contributed by atoms with van der Waals surface area (Å²) < 4.78 is 44.2. The van der Waals surface area contributed by atoms with Crippen molar-refractivity contribution in [1.82, 2.24) is 0 Å². The number of carbonyl (C=O) groups is 2. The quantitative estimate of drug-likeness (QED) is 0.487. The molecule has 114 valence electrons. The summed E-state index contributed by atoms with van der Waals surface area (Å²) in [5.41, 5.74) is -0.615. The van der Waals surface area contributed by atoms with Crippen molar-refractivity contribution in [2.75, 3.05) is 6.61 Å². The molecule has 6 heteroatoms. The summed E-state index contributed by atoms with van der Waals surface area (Å²) in [6.07, 6.45) is 3.91. The van der Waals surface area contributed by atoms with Gasteiger partial charge in [-0.3, -0.25) is 0 Å². The molecule has 2 rings (SSSR count). The lowest BCUT2D eigenvalue weighted by molar-refractivity contribution is -0.112. The number of ether oxygens (including phenoxy) is 1. The Morgan fingerprint density at radius 2 is 1.81 bits per heavy atom. The molecule has 0 unspecified atom stereocenters. The fourth-order valence-corrected chi connectivity index (χ4v) is 2.45. The highest BCUT2D eigenvalue weighted by atomic mass is 19.2. The first-order valence-corrected chi connectivity index (χ1v) is 6.78. The summed E-state index contributed by atoms with van der Waals surface area (Å²) in [5.74, 6) is -5.42. The van der Waals surface area contributed by atoms with Gasteiger partial charge in [-0.05, 0) is 43.7 Å². The van der Waals surface area contributed by atoms with Crippen molar-refractivity contribution in [3.63, 3.8) is 0 Å². The summed E-state index contributed by atoms with van der Waals surface area (Å²) in [6, 6.07) is 1.55. The van der Waals surface area contributed by atoms with Crippen LogP contribution in [-0.4, -0.2) is 18.9 Å². The molecule has 0 atom stereocenters. The normalized spacial score (nSPS) is 21.9. The van der Waals surface area contributed by atoms with Gasteiger partial charge in [0.05, 0.1) is 12.2 Å². The molecular formula is C15H15F3O3. The minimum atomic E-state index is -1.68. The molecule has 1 fully saturated rings. The van der Waals surface area contributed by atoms with E-state index < -0.39 is 29.0 Å². The summed E-state index contributed by atoms with van der Waals surface area (Å²) in [4.78, 5) is 22.3. The highest BCUT2D eigenvalue weighted by Gasteiger charge is 2.24. The highest BCUT2D eigenvalue weighted by molar-refractivity contribution is 5.89. The van der Waals surface area contributed by atoms with Crippen molar-refractivity contribution in [1.29, 1.82) is 0 Å². The van der Waals surface area contributed by atoms with Crippen molar-refractivity contribution in [2.24, 2.45) is 11.8 Å². The van der Waals surface area contributed by atoms with Crippen molar-refractivity contribution < 1.29 is 27.5 Å². The lowest BCUT2D eigenvalue weighted by Gasteiger charge is -2.24. The third kappa shape index (κ3) is 3.62. The van der Waals surface area contributed by atoms with Gasteiger partial charge < -0.3 is 9.53 Å². The molecule has 1 aromatic rings. The van der Waals surface area contributed by atoms with E-state index in [0.29, 0.717) is 6.07 Å². The van der Waals surface area contributed by atoms with E-state index in [1.165, 1.54) is 0 Å². The van der Waals surface area contributed by atoms with Crippen molar-refractivity contribution in [3.05, 3.63) is 35.1 Å². The van der Waals surface area contributed by atoms with Crippen LogP contribution < -0.4 is 0 Å². The van der Waals surface area contributed by atoms with Crippen LogP contribution in [0.4, 0.5) is 13.2 Å². The average Bonchev–Trinajstić information content (AvgIpc) is 2.51. The van der Waals surface area contributed by atoms with Gasteiger partial charge in [0.15, 0.2) is 17.5 Å². The molecule has 1 aromatic carbocycles. The first-order valence-electron chi connectivity index (χ1n) is 6.78. The fraction of sp³-hybridized carbons (Fsp3) is 0.467. The van der Waals surface area contributed by atoms with Gasteiger partial charge >= 0.3 is 5.97 Å². The zero-order chi connectivity index (χ0) is 15.4. The lowest BCUT2D eigenvalue weighted by atomic mass is 9.83. The summed E-state index contributed by atoms with van der Waals surface area (Å²) in [7, 11) is 0. The van der Waals surface area contributed by atoms with E-state index in [1.54, 1.807) is 0 Å². The van der Waals surface area contributed by atoms with Crippen molar-refractivity contribution >= 4 is 12.3 Å². The van der Waals surface area contributed by atoms with Crippen molar-refractivity contribution in [2.45, 2.75) is 25.7 Å². The van der Waals surface area contributed by atoms with Gasteiger partial charge in [-0.1, -0.05) is 0 Å². The van der Waals surface area contributed by atoms with E-state index in [-0.39, 0.29) is 18.4 Å². The average molecular weight is 300 g/mol. The third-order valence-electron chi connectivity index (χ3n) is 3.79. The molecule has 0 radical (unpaired) electrons. The SMILES string of the molecule is O=CC1CCC(COC(=O)c2ccc(F)c(F)c2F)CC1. The Bertz CT molecular complexity index is 537. The first-order chi connectivity index (χ1) is 10.0. The van der Waals surface area contributed by atoms with Gasteiger partial charge in [0, 0.05) is 5.92 Å². The molecule has 0 spiro atoms. The van der Waals surface area contributed by atoms with Crippen LogP contribution in [0.25, 0.3) is 0 Å². The molecule has 21 heavy (non-hydrogen) atoms. The Labute approximate surface area is 120 Å². The summed E-state index contributed by atoms with van der Waals surface area (Å²) >= 11 is 0. The predicted molar refractivity (Wildman–Crippen MR) is 68.1 cm³/mol. The van der Waals surface area contributed by atoms with E-state index in [0.717, 1.165) is 38.0 Å². The summed E-state index contributed by atoms with van der Waals surface area (Å²) in [5, 5.41) is 0. The van der Waals surface area contributed by atoms with Crippen LogP contribution >= 0.6 is 0 Å². The van der Waals surface area contributed by atoms with Gasteiger partial charge in [-0.15, -0.1) is 0 Å². The number of carbonyl (C=O) groups excluding carboxylic acids is 2. The standard InChI is InChI=1S/C15H15F3O3/c16-12-6-5-11(13(17)14(12)18)15(20)21-8-10-3-1-9(7-19)2-4-10/h5-7,9-10H,1-4,8H2. The van der Waals surface area contributed by atoms with Crippen LogP contribution in [0.15, 0.2) is 12.1 Å². The number of hydrogen-bond donors (Lipinski definition) is 0. The first kappa shape index (κ1) is 15.5. The Morgan fingerprint density at radius 3 is 2.43 bits per heavy atom. The van der Waals surface area contributed by atoms with Crippen LogP contribution in [0.1, 0.15) is 36.0 Å². The number of benzene rings is 1. The second-order valence-corrected chi connectivity index (χ2v) is 5.24. The lowest BCUT2D eigenvalue weighted by Crippen LogP contribution is -2.21. The third-order valence-corrected chi connectivity index (χ3v) is 3.79. The minimum absolute atomic E-state index is 0.0561. The van der Waals surface area contributed by atoms with Gasteiger partial charge in [0.25, 0.3) is 0 Å². The molecule has 0 N–H and O–H groups in total. The number of hydrogen-bond acceptors (Lipinski definition) is 3. The minimum Gasteiger partial charge on any atom is -0.462 e. The molecule has 1 aliphatic rings. The Kier molecular flexibility index (Phi) is 4.98. The number of rotatable bonds is 4. The fourth-order valence-electron chi connectivity index (χ4n) is 2.45. The van der Waals surface area contributed by atoms with Crippen LogP contribution in [0, 0.1) is 29.3 Å². The zero-order valence-electron chi connectivity index (χ0n) is 11.3. The Morgan fingerprint density at radius 1 is 1.14 bits per heavy atom. The predicted octanol–water partition coefficient (Wildman–Crippen LogP) is 3.27. The second-order valence-electron chi connectivity index (χ2n) is 5.24.